The van der Waals surface area contributed by atoms with Crippen LogP contribution in [0.5, 0.6) is 28.7 Å². The molecule has 0 radical (unpaired) electrons. The standard InChI is InChI=1S/C32H27F3N4O6/c1-41-22-8-11-27(42-2)25(14-22)36-31(40)37-30-24-13-21(32(33,34)35)7-10-26(24)39(38-30)16-19-3-5-20(6-4-19)17-43-23-9-12-28-29(15-23)45-18-44-28/h3-15H,16-18H2,1-2H3,(H2,36,37,38,40). The highest BCUT2D eigenvalue weighted by Gasteiger charge is 2.31. The Hall–Kier alpha value is -5.59. The molecule has 0 saturated carbocycles. The maximum Gasteiger partial charge on any atom is 0.416 e. The van der Waals surface area contributed by atoms with Gasteiger partial charge in [-0.2, -0.15) is 18.3 Å². The van der Waals surface area contributed by atoms with Crippen LogP contribution in [0, 0.1) is 0 Å². The summed E-state index contributed by atoms with van der Waals surface area (Å²) < 4.78 is 69.4. The maximum atomic E-state index is 13.6. The molecule has 0 fully saturated rings. The van der Waals surface area contributed by atoms with Crippen LogP contribution in [0.1, 0.15) is 16.7 Å². The van der Waals surface area contributed by atoms with Crippen molar-refractivity contribution in [2.24, 2.45) is 0 Å². The quantitative estimate of drug-likeness (QED) is 0.182. The van der Waals surface area contributed by atoms with E-state index in [1.807, 2.05) is 24.3 Å². The number of rotatable bonds is 9. The molecule has 6 rings (SSSR count). The molecular weight excluding hydrogens is 593 g/mol. The summed E-state index contributed by atoms with van der Waals surface area (Å²) >= 11 is 0. The number of carbonyl (C=O) groups is 1. The van der Waals surface area contributed by atoms with Crippen LogP contribution in [0.25, 0.3) is 10.9 Å². The molecule has 5 aromatic rings. The van der Waals surface area contributed by atoms with Gasteiger partial charge in [0.1, 0.15) is 23.9 Å². The van der Waals surface area contributed by atoms with Crippen LogP contribution in [0.15, 0.2) is 78.9 Å². The summed E-state index contributed by atoms with van der Waals surface area (Å²) in [5, 5.41) is 9.83. The Kier molecular flexibility index (Phi) is 7.98. The number of anilines is 2. The highest BCUT2D eigenvalue weighted by molar-refractivity contribution is 6.05. The fourth-order valence-electron chi connectivity index (χ4n) is 4.79. The molecule has 0 bridgehead atoms. The van der Waals surface area contributed by atoms with Crippen LogP contribution in [0.2, 0.25) is 0 Å². The van der Waals surface area contributed by atoms with Crippen molar-refractivity contribution in [2.75, 3.05) is 31.6 Å². The van der Waals surface area contributed by atoms with E-state index in [0.717, 1.165) is 23.3 Å². The molecule has 2 amide bonds. The number of hydrogen-bond donors (Lipinski definition) is 2. The Morgan fingerprint density at radius 3 is 2.38 bits per heavy atom. The van der Waals surface area contributed by atoms with Gasteiger partial charge in [0.05, 0.1) is 37.5 Å². The second kappa shape index (κ2) is 12.2. The van der Waals surface area contributed by atoms with E-state index < -0.39 is 17.8 Å². The van der Waals surface area contributed by atoms with Crippen LogP contribution in [0.4, 0.5) is 29.5 Å². The Bertz CT molecular complexity index is 1860. The van der Waals surface area contributed by atoms with Crippen molar-refractivity contribution >= 4 is 28.4 Å². The number of carbonyl (C=O) groups excluding carboxylic acids is 1. The number of urea groups is 1. The first-order valence-corrected chi connectivity index (χ1v) is 13.7. The normalized spacial score (nSPS) is 12.2. The lowest BCUT2D eigenvalue weighted by atomic mass is 10.1. The number of benzene rings is 4. The lowest BCUT2D eigenvalue weighted by Gasteiger charge is -2.12. The van der Waals surface area contributed by atoms with Gasteiger partial charge >= 0.3 is 12.2 Å². The third kappa shape index (κ3) is 6.51. The molecule has 1 aliphatic rings. The van der Waals surface area contributed by atoms with E-state index in [1.165, 1.54) is 25.0 Å². The first-order valence-electron chi connectivity index (χ1n) is 13.7. The van der Waals surface area contributed by atoms with Gasteiger partial charge in [-0.25, -0.2) is 4.79 Å². The number of amides is 2. The molecule has 2 heterocycles. The van der Waals surface area contributed by atoms with E-state index in [4.69, 9.17) is 23.7 Å². The van der Waals surface area contributed by atoms with Gasteiger partial charge in [-0.05, 0) is 53.6 Å². The monoisotopic (exact) mass is 620 g/mol. The van der Waals surface area contributed by atoms with Gasteiger partial charge in [0.15, 0.2) is 17.3 Å². The van der Waals surface area contributed by atoms with E-state index in [-0.39, 0.29) is 24.5 Å². The van der Waals surface area contributed by atoms with Crippen molar-refractivity contribution in [1.82, 2.24) is 9.78 Å². The summed E-state index contributed by atoms with van der Waals surface area (Å²) in [6, 6.07) is 20.3. The third-order valence-corrected chi connectivity index (χ3v) is 7.07. The third-order valence-electron chi connectivity index (χ3n) is 7.07. The molecule has 2 N–H and O–H groups in total. The van der Waals surface area contributed by atoms with Crippen LogP contribution in [-0.4, -0.2) is 36.8 Å². The van der Waals surface area contributed by atoms with Crippen LogP contribution in [0.3, 0.4) is 0 Å². The van der Waals surface area contributed by atoms with Gasteiger partial charge in [-0.1, -0.05) is 24.3 Å². The van der Waals surface area contributed by atoms with Crippen LogP contribution in [-0.2, 0) is 19.3 Å². The summed E-state index contributed by atoms with van der Waals surface area (Å²) in [6.45, 7) is 0.725. The fourth-order valence-corrected chi connectivity index (χ4v) is 4.79. The molecule has 0 aliphatic carbocycles. The second-order valence-corrected chi connectivity index (χ2v) is 10.0. The van der Waals surface area contributed by atoms with Crippen molar-refractivity contribution in [3.63, 3.8) is 0 Å². The number of hydrogen-bond acceptors (Lipinski definition) is 7. The average molecular weight is 621 g/mol. The van der Waals surface area contributed by atoms with Crippen LogP contribution >= 0.6 is 0 Å². The van der Waals surface area contributed by atoms with Gasteiger partial charge in [-0.3, -0.25) is 10.00 Å². The number of nitrogens with zero attached hydrogens (tertiary/aromatic N) is 2. The van der Waals surface area contributed by atoms with Gasteiger partial charge in [0.2, 0.25) is 6.79 Å². The molecule has 1 aromatic heterocycles. The minimum Gasteiger partial charge on any atom is -0.497 e. The maximum absolute atomic E-state index is 13.6. The predicted molar refractivity (Wildman–Crippen MR) is 159 cm³/mol. The zero-order valence-electron chi connectivity index (χ0n) is 24.1. The lowest BCUT2D eigenvalue weighted by Crippen LogP contribution is -2.20. The number of ether oxygens (including phenoxy) is 5. The summed E-state index contributed by atoms with van der Waals surface area (Å²) in [6.07, 6.45) is -4.58. The van der Waals surface area contributed by atoms with Crippen molar-refractivity contribution < 1.29 is 41.7 Å². The number of aromatic nitrogens is 2. The fraction of sp³-hybridized carbons (Fsp3) is 0.188. The van der Waals surface area contributed by atoms with Gasteiger partial charge in [-0.15, -0.1) is 0 Å². The summed E-state index contributed by atoms with van der Waals surface area (Å²) in [5.74, 6) is 2.74. The van der Waals surface area contributed by atoms with E-state index in [1.54, 1.807) is 36.4 Å². The van der Waals surface area contributed by atoms with E-state index in [0.29, 0.717) is 46.6 Å². The zero-order valence-corrected chi connectivity index (χ0v) is 24.1. The van der Waals surface area contributed by atoms with Crippen molar-refractivity contribution in [3.8, 4) is 28.7 Å². The zero-order chi connectivity index (χ0) is 31.6. The van der Waals surface area contributed by atoms with Gasteiger partial charge < -0.3 is 29.0 Å². The lowest BCUT2D eigenvalue weighted by molar-refractivity contribution is -0.137. The molecule has 232 valence electrons. The largest absolute Gasteiger partial charge is 0.497 e. The Balaban J connectivity index is 1.20. The van der Waals surface area contributed by atoms with Crippen molar-refractivity contribution in [3.05, 3.63) is 95.6 Å². The van der Waals surface area contributed by atoms with E-state index in [2.05, 4.69) is 15.7 Å². The Morgan fingerprint density at radius 1 is 0.867 bits per heavy atom. The van der Waals surface area contributed by atoms with E-state index >= 15 is 0 Å². The molecule has 0 spiro atoms. The molecule has 1 aliphatic heterocycles. The number of nitrogens with one attached hydrogen (secondary N) is 2. The van der Waals surface area contributed by atoms with Crippen LogP contribution < -0.4 is 34.3 Å². The second-order valence-electron chi connectivity index (χ2n) is 10.0. The van der Waals surface area contributed by atoms with E-state index in [9.17, 15) is 18.0 Å². The first kappa shape index (κ1) is 29.5. The minimum absolute atomic E-state index is 0.0378. The number of fused-ring (bicyclic) bond motifs is 2. The molecule has 10 nitrogen and oxygen atoms in total. The summed E-state index contributed by atoms with van der Waals surface area (Å²) in [5.41, 5.74) is 1.59. The van der Waals surface area contributed by atoms with Gasteiger partial charge in [0, 0.05) is 17.5 Å². The molecule has 45 heavy (non-hydrogen) atoms. The molecule has 13 heteroatoms. The highest BCUT2D eigenvalue weighted by atomic mass is 19.4. The number of alkyl halides is 3. The molecular formula is C32H27F3N4O6. The van der Waals surface area contributed by atoms with Crippen molar-refractivity contribution in [1.29, 1.82) is 0 Å². The highest BCUT2D eigenvalue weighted by Crippen LogP contribution is 2.36. The van der Waals surface area contributed by atoms with Gasteiger partial charge in [0.25, 0.3) is 0 Å². The predicted octanol–water partition coefficient (Wildman–Crippen LogP) is 7.07. The summed E-state index contributed by atoms with van der Waals surface area (Å²) in [4.78, 5) is 13.0. The molecule has 0 atom stereocenters. The molecule has 4 aromatic carbocycles. The minimum atomic E-state index is -4.58. The first-order chi connectivity index (χ1) is 21.7. The number of halogens is 3. The SMILES string of the molecule is COc1ccc(OC)c(NC(=O)Nc2nn(Cc3ccc(COc4ccc5c(c4)OCO5)cc3)c3ccc(C(F)(F)F)cc23)c1. The average Bonchev–Trinajstić information content (AvgIpc) is 3.64. The topological polar surface area (TPSA) is 105 Å². The molecule has 0 unspecified atom stereocenters. The Morgan fingerprint density at radius 2 is 1.62 bits per heavy atom. The Labute approximate surface area is 255 Å². The smallest absolute Gasteiger partial charge is 0.416 e. The van der Waals surface area contributed by atoms with Crippen molar-refractivity contribution in [2.45, 2.75) is 19.3 Å². The summed E-state index contributed by atoms with van der Waals surface area (Å²) in [7, 11) is 2.92. The molecule has 0 saturated heterocycles. The number of methoxy groups -OCH3 is 2.